The molecule has 3 unspecified atom stereocenters. The predicted molar refractivity (Wildman–Crippen MR) is 71.9 cm³/mol. The van der Waals surface area contributed by atoms with Crippen LogP contribution in [-0.2, 0) is 4.79 Å². The number of hydrogen-bond donors (Lipinski definition) is 1. The van der Waals surface area contributed by atoms with Crippen molar-refractivity contribution in [1.29, 1.82) is 0 Å². The maximum atomic E-state index is 11.9. The van der Waals surface area contributed by atoms with Crippen LogP contribution in [0.15, 0.2) is 0 Å². The third kappa shape index (κ3) is 4.30. The Hall–Kier alpha value is -0.570. The average Bonchev–Trinajstić information content (AvgIpc) is 2.32. The Morgan fingerprint density at radius 2 is 1.88 bits per heavy atom. The summed E-state index contributed by atoms with van der Waals surface area (Å²) in [6, 6.07) is 0.526. The summed E-state index contributed by atoms with van der Waals surface area (Å²) in [5.41, 5.74) is 0. The van der Waals surface area contributed by atoms with Crippen LogP contribution in [0.1, 0.15) is 47.0 Å². The highest BCUT2D eigenvalue weighted by Gasteiger charge is 2.25. The van der Waals surface area contributed by atoms with Crippen molar-refractivity contribution in [2.45, 2.75) is 53.0 Å². The van der Waals surface area contributed by atoms with Gasteiger partial charge < -0.3 is 10.2 Å². The Morgan fingerprint density at radius 3 is 2.47 bits per heavy atom. The van der Waals surface area contributed by atoms with E-state index in [1.165, 1.54) is 19.3 Å². The zero-order chi connectivity index (χ0) is 12.8. The quantitative estimate of drug-likeness (QED) is 0.799. The molecule has 0 aromatic carbocycles. The summed E-state index contributed by atoms with van der Waals surface area (Å²) >= 11 is 0. The van der Waals surface area contributed by atoms with Crippen LogP contribution in [0.5, 0.6) is 0 Å². The van der Waals surface area contributed by atoms with E-state index in [0.29, 0.717) is 18.5 Å². The molecule has 1 amide bonds. The number of rotatable bonds is 5. The van der Waals surface area contributed by atoms with Crippen LogP contribution in [-0.4, -0.2) is 36.5 Å². The monoisotopic (exact) mass is 240 g/mol. The number of nitrogens with one attached hydrogen (secondary N) is 1. The second-order valence-electron chi connectivity index (χ2n) is 5.45. The zero-order valence-corrected chi connectivity index (χ0v) is 11.8. The summed E-state index contributed by atoms with van der Waals surface area (Å²) in [6.07, 6.45) is 3.84. The molecule has 0 saturated heterocycles. The van der Waals surface area contributed by atoms with E-state index >= 15 is 0 Å². The first kappa shape index (κ1) is 14.5. The van der Waals surface area contributed by atoms with Crippen LogP contribution in [0, 0.1) is 11.8 Å². The second-order valence-corrected chi connectivity index (χ2v) is 5.45. The van der Waals surface area contributed by atoms with E-state index in [1.54, 1.807) is 0 Å². The number of hydrogen-bond acceptors (Lipinski definition) is 2. The number of likely N-dealkylation sites (N-methyl/N-ethyl adjacent to an activating group) is 1. The summed E-state index contributed by atoms with van der Waals surface area (Å²) in [4.78, 5) is 13.8. The van der Waals surface area contributed by atoms with E-state index < -0.39 is 0 Å². The molecule has 1 saturated carbocycles. The number of amides is 1. The third-order valence-electron chi connectivity index (χ3n) is 4.09. The van der Waals surface area contributed by atoms with Gasteiger partial charge in [0, 0.05) is 19.1 Å². The van der Waals surface area contributed by atoms with Crippen molar-refractivity contribution in [2.24, 2.45) is 11.8 Å². The molecule has 1 fully saturated rings. The van der Waals surface area contributed by atoms with E-state index in [-0.39, 0.29) is 5.91 Å². The first-order valence-electron chi connectivity index (χ1n) is 7.09. The molecule has 3 heteroatoms. The minimum atomic E-state index is 0.237. The summed E-state index contributed by atoms with van der Waals surface area (Å²) in [7, 11) is 0. The lowest BCUT2D eigenvalue weighted by atomic mass is 9.80. The highest BCUT2D eigenvalue weighted by molar-refractivity contribution is 5.78. The van der Waals surface area contributed by atoms with Crippen molar-refractivity contribution in [3.05, 3.63) is 0 Å². The lowest BCUT2D eigenvalue weighted by Gasteiger charge is -2.33. The third-order valence-corrected chi connectivity index (χ3v) is 4.09. The van der Waals surface area contributed by atoms with Crippen molar-refractivity contribution in [3.8, 4) is 0 Å². The van der Waals surface area contributed by atoms with Crippen molar-refractivity contribution >= 4 is 5.91 Å². The van der Waals surface area contributed by atoms with Gasteiger partial charge in [-0.05, 0) is 38.5 Å². The van der Waals surface area contributed by atoms with Gasteiger partial charge in [0.25, 0.3) is 0 Å². The normalized spacial score (nSPS) is 29.1. The Labute approximate surface area is 106 Å². The van der Waals surface area contributed by atoms with E-state index in [4.69, 9.17) is 0 Å². The molecule has 0 heterocycles. The van der Waals surface area contributed by atoms with Gasteiger partial charge in [-0.15, -0.1) is 0 Å². The molecule has 1 aliphatic carbocycles. The van der Waals surface area contributed by atoms with Crippen LogP contribution in [0.4, 0.5) is 0 Å². The second kappa shape index (κ2) is 7.00. The van der Waals surface area contributed by atoms with Gasteiger partial charge in [-0.25, -0.2) is 0 Å². The van der Waals surface area contributed by atoms with Gasteiger partial charge in [0.2, 0.25) is 5.91 Å². The van der Waals surface area contributed by atoms with Gasteiger partial charge in [-0.2, -0.15) is 0 Å². The molecule has 1 N–H and O–H groups in total. The van der Waals surface area contributed by atoms with Gasteiger partial charge >= 0.3 is 0 Å². The molecule has 0 bridgehead atoms. The first-order chi connectivity index (χ1) is 8.08. The maximum Gasteiger partial charge on any atom is 0.236 e. The first-order valence-corrected chi connectivity index (χ1v) is 7.09. The Balaban J connectivity index is 2.36. The van der Waals surface area contributed by atoms with Crippen LogP contribution >= 0.6 is 0 Å². The fourth-order valence-corrected chi connectivity index (χ4v) is 2.72. The molecular weight excluding hydrogens is 212 g/mol. The fourth-order valence-electron chi connectivity index (χ4n) is 2.72. The van der Waals surface area contributed by atoms with Crippen LogP contribution < -0.4 is 5.32 Å². The molecule has 100 valence electrons. The van der Waals surface area contributed by atoms with Crippen molar-refractivity contribution in [3.63, 3.8) is 0 Å². The van der Waals surface area contributed by atoms with E-state index in [1.807, 2.05) is 18.7 Å². The molecule has 1 rings (SSSR count). The molecule has 0 aromatic heterocycles. The average molecular weight is 240 g/mol. The molecule has 0 spiro atoms. The minimum Gasteiger partial charge on any atom is -0.342 e. The van der Waals surface area contributed by atoms with Gasteiger partial charge in [-0.1, -0.05) is 20.3 Å². The molecular formula is C14H28N2O. The van der Waals surface area contributed by atoms with Crippen molar-refractivity contribution < 1.29 is 4.79 Å². The van der Waals surface area contributed by atoms with Crippen LogP contribution in [0.3, 0.4) is 0 Å². The zero-order valence-electron chi connectivity index (χ0n) is 11.8. The highest BCUT2D eigenvalue weighted by Crippen LogP contribution is 2.28. The maximum absolute atomic E-state index is 11.9. The molecule has 0 radical (unpaired) electrons. The molecule has 17 heavy (non-hydrogen) atoms. The summed E-state index contributed by atoms with van der Waals surface area (Å²) in [6.45, 7) is 10.8. The SMILES string of the molecule is CCN(CC)C(=O)CNC1CC(C)CCC1C. The Kier molecular flexibility index (Phi) is 5.96. The summed E-state index contributed by atoms with van der Waals surface area (Å²) in [5.74, 6) is 1.74. The molecule has 0 aliphatic heterocycles. The molecule has 3 nitrogen and oxygen atoms in total. The lowest BCUT2D eigenvalue weighted by molar-refractivity contribution is -0.130. The van der Waals surface area contributed by atoms with Crippen molar-refractivity contribution in [2.75, 3.05) is 19.6 Å². The molecule has 0 aromatic rings. The van der Waals surface area contributed by atoms with E-state index in [2.05, 4.69) is 19.2 Å². The summed E-state index contributed by atoms with van der Waals surface area (Å²) < 4.78 is 0. The fraction of sp³-hybridized carbons (Fsp3) is 0.929. The minimum absolute atomic E-state index is 0.237. The van der Waals surface area contributed by atoms with Crippen LogP contribution in [0.25, 0.3) is 0 Å². The van der Waals surface area contributed by atoms with Gasteiger partial charge in [0.1, 0.15) is 0 Å². The smallest absolute Gasteiger partial charge is 0.236 e. The van der Waals surface area contributed by atoms with Crippen molar-refractivity contribution in [1.82, 2.24) is 10.2 Å². The Bertz CT molecular complexity index is 238. The topological polar surface area (TPSA) is 32.3 Å². The highest BCUT2D eigenvalue weighted by atomic mass is 16.2. The number of nitrogens with zero attached hydrogens (tertiary/aromatic N) is 1. The van der Waals surface area contributed by atoms with Crippen LogP contribution in [0.2, 0.25) is 0 Å². The number of carbonyl (C=O) groups is 1. The van der Waals surface area contributed by atoms with E-state index in [0.717, 1.165) is 19.0 Å². The largest absolute Gasteiger partial charge is 0.342 e. The lowest BCUT2D eigenvalue weighted by Crippen LogP contribution is -2.45. The number of carbonyl (C=O) groups excluding carboxylic acids is 1. The molecule has 3 atom stereocenters. The molecule has 1 aliphatic rings. The Morgan fingerprint density at radius 1 is 1.24 bits per heavy atom. The van der Waals surface area contributed by atoms with Gasteiger partial charge in [0.15, 0.2) is 0 Å². The van der Waals surface area contributed by atoms with Gasteiger partial charge in [0.05, 0.1) is 6.54 Å². The van der Waals surface area contributed by atoms with Gasteiger partial charge in [-0.3, -0.25) is 4.79 Å². The summed E-state index contributed by atoms with van der Waals surface area (Å²) in [5, 5.41) is 3.46. The van der Waals surface area contributed by atoms with E-state index in [9.17, 15) is 4.79 Å². The standard InChI is InChI=1S/C14H28N2O/c1-5-16(6-2)14(17)10-15-13-9-11(3)7-8-12(13)4/h11-13,15H,5-10H2,1-4H3. The predicted octanol–water partition coefficient (Wildman–Crippen LogP) is 2.27.